The van der Waals surface area contributed by atoms with Crippen LogP contribution in [0.1, 0.15) is 24.4 Å². The Kier molecular flexibility index (Phi) is 8.78. The zero-order valence-corrected chi connectivity index (χ0v) is 14.8. The van der Waals surface area contributed by atoms with Crippen molar-refractivity contribution < 1.29 is 27.8 Å². The normalized spacial score (nSPS) is 16.8. The molecule has 1 aromatic rings. The molecule has 0 aromatic heterocycles. The molecular weight excluding hydrogens is 361 g/mol. The summed E-state index contributed by atoms with van der Waals surface area (Å²) in [6.07, 6.45) is -3.42. The van der Waals surface area contributed by atoms with Crippen molar-refractivity contribution in [2.24, 2.45) is 0 Å². The molecule has 1 atom stereocenters. The van der Waals surface area contributed by atoms with Gasteiger partial charge in [-0.05, 0) is 18.9 Å². The van der Waals surface area contributed by atoms with Crippen molar-refractivity contribution in [3.8, 4) is 11.5 Å². The molecule has 25 heavy (non-hydrogen) atoms. The van der Waals surface area contributed by atoms with E-state index in [1.807, 2.05) is 0 Å². The Morgan fingerprint density at radius 1 is 1.28 bits per heavy atom. The molecule has 2 rings (SSSR count). The average Bonchev–Trinajstić information content (AvgIpc) is 2.55. The highest BCUT2D eigenvalue weighted by Crippen LogP contribution is 2.36. The third-order valence-electron chi connectivity index (χ3n) is 4.03. The van der Waals surface area contributed by atoms with Crippen molar-refractivity contribution in [1.82, 2.24) is 10.2 Å². The largest absolute Gasteiger partial charge is 0.573 e. The van der Waals surface area contributed by atoms with Crippen LogP contribution < -0.4 is 14.8 Å². The molecule has 0 spiro atoms. The third kappa shape index (κ3) is 6.54. The maximum absolute atomic E-state index is 12.4. The van der Waals surface area contributed by atoms with Gasteiger partial charge in [0.2, 0.25) is 0 Å². The summed E-state index contributed by atoms with van der Waals surface area (Å²) >= 11 is 0. The Bertz CT molecular complexity index is 526. The molecule has 0 aliphatic carbocycles. The Balaban J connectivity index is 0.00000312. The monoisotopic (exact) mass is 384 g/mol. The lowest BCUT2D eigenvalue weighted by molar-refractivity contribution is -0.274. The van der Waals surface area contributed by atoms with Crippen molar-refractivity contribution in [2.45, 2.75) is 25.2 Å². The van der Waals surface area contributed by atoms with E-state index in [0.717, 1.165) is 31.7 Å². The van der Waals surface area contributed by atoms with Gasteiger partial charge in [0.15, 0.2) is 0 Å². The number of hydrogen-bond acceptors (Lipinski definition) is 5. The number of nitrogens with one attached hydrogen (secondary N) is 1. The van der Waals surface area contributed by atoms with Crippen LogP contribution in [-0.2, 0) is 0 Å². The SMILES string of the molecule is COc1cc(OC(F)(F)F)ccc1[C@H](CCCO)N1CCNCC1.Cl. The standard InChI is InChI=1S/C16H23F3N2O3.ClH/c1-23-15-11-12(24-16(17,18)19)4-5-13(15)14(3-2-10-22)21-8-6-20-7-9-21;/h4-5,11,14,20,22H,2-3,6-10H2,1H3;1H/t14-;/m0./s1. The molecule has 1 aliphatic heterocycles. The highest BCUT2D eigenvalue weighted by atomic mass is 35.5. The van der Waals surface area contributed by atoms with Gasteiger partial charge in [0.05, 0.1) is 7.11 Å². The fraction of sp³-hybridized carbons (Fsp3) is 0.625. The summed E-state index contributed by atoms with van der Waals surface area (Å²) in [4.78, 5) is 2.26. The fourth-order valence-corrected chi connectivity index (χ4v) is 2.98. The molecule has 0 amide bonds. The van der Waals surface area contributed by atoms with Crippen molar-refractivity contribution in [2.75, 3.05) is 39.9 Å². The first-order valence-electron chi connectivity index (χ1n) is 7.94. The number of aliphatic hydroxyl groups is 1. The van der Waals surface area contributed by atoms with Crippen molar-refractivity contribution >= 4 is 12.4 Å². The van der Waals surface area contributed by atoms with E-state index in [4.69, 9.17) is 9.84 Å². The summed E-state index contributed by atoms with van der Waals surface area (Å²) in [5.41, 5.74) is 0.808. The Morgan fingerprint density at radius 3 is 2.52 bits per heavy atom. The summed E-state index contributed by atoms with van der Waals surface area (Å²) in [5.74, 6) is 0.0579. The molecule has 2 N–H and O–H groups in total. The van der Waals surface area contributed by atoms with Crippen LogP contribution in [0.15, 0.2) is 18.2 Å². The second-order valence-corrected chi connectivity index (χ2v) is 5.62. The van der Waals surface area contributed by atoms with E-state index >= 15 is 0 Å². The molecule has 0 bridgehead atoms. The maximum atomic E-state index is 12.4. The summed E-state index contributed by atoms with van der Waals surface area (Å²) < 4.78 is 46.4. The molecule has 0 saturated carbocycles. The van der Waals surface area contributed by atoms with Gasteiger partial charge in [-0.25, -0.2) is 0 Å². The molecule has 5 nitrogen and oxygen atoms in total. The van der Waals surface area contributed by atoms with Gasteiger partial charge >= 0.3 is 6.36 Å². The molecule has 1 heterocycles. The number of halogens is 4. The lowest BCUT2D eigenvalue weighted by Crippen LogP contribution is -2.45. The first-order chi connectivity index (χ1) is 11.4. The molecule has 1 aliphatic rings. The number of ether oxygens (including phenoxy) is 2. The van der Waals surface area contributed by atoms with E-state index in [1.165, 1.54) is 19.2 Å². The summed E-state index contributed by atoms with van der Waals surface area (Å²) in [6.45, 7) is 3.45. The van der Waals surface area contributed by atoms with Crippen LogP contribution >= 0.6 is 12.4 Å². The first-order valence-corrected chi connectivity index (χ1v) is 7.94. The lowest BCUT2D eigenvalue weighted by Gasteiger charge is -2.36. The Labute approximate surface area is 151 Å². The Morgan fingerprint density at radius 2 is 1.96 bits per heavy atom. The number of hydrogen-bond donors (Lipinski definition) is 2. The van der Waals surface area contributed by atoms with Gasteiger partial charge in [0.1, 0.15) is 11.5 Å². The van der Waals surface area contributed by atoms with Crippen LogP contribution in [0, 0.1) is 0 Å². The molecule has 9 heteroatoms. The number of benzene rings is 1. The van der Waals surface area contributed by atoms with Crippen molar-refractivity contribution in [1.29, 1.82) is 0 Å². The number of aliphatic hydroxyl groups excluding tert-OH is 1. The summed E-state index contributed by atoms with van der Waals surface area (Å²) in [6, 6.07) is 4.16. The highest BCUT2D eigenvalue weighted by Gasteiger charge is 2.32. The van der Waals surface area contributed by atoms with Crippen molar-refractivity contribution in [3.05, 3.63) is 23.8 Å². The van der Waals surface area contributed by atoms with E-state index in [-0.39, 0.29) is 30.8 Å². The fourth-order valence-electron chi connectivity index (χ4n) is 2.98. The first kappa shape index (κ1) is 21.8. The zero-order chi connectivity index (χ0) is 17.6. The minimum absolute atomic E-state index is 0. The molecule has 0 radical (unpaired) electrons. The second kappa shape index (κ2) is 10.1. The smallest absolute Gasteiger partial charge is 0.496 e. The van der Waals surface area contributed by atoms with Crippen LogP contribution in [0.2, 0.25) is 0 Å². The van der Waals surface area contributed by atoms with Crippen LogP contribution in [0.4, 0.5) is 13.2 Å². The molecule has 1 aromatic carbocycles. The van der Waals surface area contributed by atoms with Gasteiger partial charge in [0, 0.05) is 50.5 Å². The number of methoxy groups -OCH3 is 1. The minimum atomic E-state index is -4.73. The van der Waals surface area contributed by atoms with Crippen LogP contribution in [0.25, 0.3) is 0 Å². The predicted molar refractivity (Wildman–Crippen MR) is 90.4 cm³/mol. The zero-order valence-electron chi connectivity index (χ0n) is 14.0. The van der Waals surface area contributed by atoms with E-state index in [0.29, 0.717) is 18.6 Å². The molecule has 1 saturated heterocycles. The summed E-state index contributed by atoms with van der Waals surface area (Å²) in [7, 11) is 1.43. The second-order valence-electron chi connectivity index (χ2n) is 5.62. The molecule has 0 unspecified atom stereocenters. The van der Waals surface area contributed by atoms with Gasteiger partial charge in [-0.3, -0.25) is 4.90 Å². The minimum Gasteiger partial charge on any atom is -0.496 e. The highest BCUT2D eigenvalue weighted by molar-refractivity contribution is 5.85. The van der Waals surface area contributed by atoms with E-state index < -0.39 is 6.36 Å². The van der Waals surface area contributed by atoms with Crippen LogP contribution in [-0.4, -0.2) is 56.3 Å². The van der Waals surface area contributed by atoms with Gasteiger partial charge in [-0.15, -0.1) is 25.6 Å². The number of alkyl halides is 3. The van der Waals surface area contributed by atoms with E-state index in [1.54, 1.807) is 6.07 Å². The molecular formula is C16H24ClF3N2O3. The number of piperazine rings is 1. The summed E-state index contributed by atoms with van der Waals surface area (Å²) in [5, 5.41) is 12.4. The lowest BCUT2D eigenvalue weighted by atomic mass is 9.98. The van der Waals surface area contributed by atoms with Gasteiger partial charge in [-0.1, -0.05) is 6.07 Å². The maximum Gasteiger partial charge on any atom is 0.573 e. The quantitative estimate of drug-likeness (QED) is 0.757. The van der Waals surface area contributed by atoms with E-state index in [2.05, 4.69) is 15.0 Å². The van der Waals surface area contributed by atoms with Crippen molar-refractivity contribution in [3.63, 3.8) is 0 Å². The van der Waals surface area contributed by atoms with Gasteiger partial charge in [0.25, 0.3) is 0 Å². The van der Waals surface area contributed by atoms with Gasteiger partial charge < -0.3 is 19.9 Å². The molecule has 1 fully saturated rings. The predicted octanol–water partition coefficient (Wildman–Crippen LogP) is 2.73. The average molecular weight is 385 g/mol. The Hall–Kier alpha value is -1.22. The van der Waals surface area contributed by atoms with E-state index in [9.17, 15) is 13.2 Å². The topological polar surface area (TPSA) is 54.0 Å². The molecule has 144 valence electrons. The number of nitrogens with zero attached hydrogens (tertiary/aromatic N) is 1. The van der Waals surface area contributed by atoms with Crippen LogP contribution in [0.3, 0.4) is 0 Å². The van der Waals surface area contributed by atoms with Gasteiger partial charge in [-0.2, -0.15) is 0 Å². The van der Waals surface area contributed by atoms with Crippen LogP contribution in [0.5, 0.6) is 11.5 Å². The number of rotatable bonds is 7. The third-order valence-corrected chi connectivity index (χ3v) is 4.03.